The van der Waals surface area contributed by atoms with Crippen LogP contribution in [0.1, 0.15) is 72.6 Å². The Labute approximate surface area is 149 Å². The maximum absolute atomic E-state index is 8.84. The van der Waals surface area contributed by atoms with Crippen LogP contribution in [0.2, 0.25) is 0 Å². The molecular weight excluding hydrogens is 294 g/mol. The van der Waals surface area contributed by atoms with E-state index in [-0.39, 0.29) is 5.57 Å². The molecule has 2 unspecified atom stereocenters. The SMILES string of the molecule is CCCCC(CC)CN(C=CC=C(C#N)C#N)CC(CC)CCC. The molecule has 0 N–H and O–H groups in total. The van der Waals surface area contributed by atoms with Gasteiger partial charge in [0.2, 0.25) is 0 Å². The summed E-state index contributed by atoms with van der Waals surface area (Å²) in [5, 5.41) is 17.7. The van der Waals surface area contributed by atoms with E-state index < -0.39 is 0 Å². The zero-order valence-electron chi connectivity index (χ0n) is 16.1. The molecule has 0 spiro atoms. The van der Waals surface area contributed by atoms with Gasteiger partial charge in [-0.25, -0.2) is 0 Å². The average Bonchev–Trinajstić information content (AvgIpc) is 2.61. The lowest BCUT2D eigenvalue weighted by molar-refractivity contribution is 0.241. The van der Waals surface area contributed by atoms with Crippen molar-refractivity contribution in [2.75, 3.05) is 13.1 Å². The molecule has 0 aromatic heterocycles. The molecule has 0 aliphatic heterocycles. The molecule has 0 saturated carbocycles. The van der Waals surface area contributed by atoms with Gasteiger partial charge in [-0.3, -0.25) is 0 Å². The van der Waals surface area contributed by atoms with Crippen molar-refractivity contribution in [1.82, 2.24) is 4.90 Å². The van der Waals surface area contributed by atoms with Crippen LogP contribution in [0, 0.1) is 34.5 Å². The molecule has 0 amide bonds. The zero-order chi connectivity index (χ0) is 18.2. The maximum Gasteiger partial charge on any atom is 0.129 e. The van der Waals surface area contributed by atoms with Gasteiger partial charge in [-0.1, -0.05) is 59.8 Å². The van der Waals surface area contributed by atoms with Crippen LogP contribution in [0.15, 0.2) is 23.9 Å². The number of nitrogens with zero attached hydrogens (tertiary/aromatic N) is 3. The van der Waals surface area contributed by atoms with E-state index in [1.165, 1.54) is 44.9 Å². The van der Waals surface area contributed by atoms with Crippen LogP contribution in [0.5, 0.6) is 0 Å². The molecular formula is C21H35N3. The summed E-state index contributed by atoms with van der Waals surface area (Å²) in [6.07, 6.45) is 14.2. The van der Waals surface area contributed by atoms with Crippen LogP contribution in [-0.2, 0) is 0 Å². The fraction of sp³-hybridized carbons (Fsp3) is 0.714. The second-order valence-electron chi connectivity index (χ2n) is 6.58. The number of unbranched alkanes of at least 4 members (excludes halogenated alkanes) is 1. The fourth-order valence-electron chi connectivity index (χ4n) is 2.97. The quantitative estimate of drug-likeness (QED) is 0.316. The first-order valence-electron chi connectivity index (χ1n) is 9.57. The van der Waals surface area contributed by atoms with E-state index in [1.807, 2.05) is 18.2 Å². The van der Waals surface area contributed by atoms with Crippen molar-refractivity contribution in [3.8, 4) is 12.1 Å². The van der Waals surface area contributed by atoms with Gasteiger partial charge in [0, 0.05) is 13.1 Å². The van der Waals surface area contributed by atoms with E-state index in [9.17, 15) is 0 Å². The highest BCUT2D eigenvalue weighted by atomic mass is 15.1. The highest BCUT2D eigenvalue weighted by molar-refractivity contribution is 5.37. The lowest BCUT2D eigenvalue weighted by atomic mass is 9.96. The zero-order valence-corrected chi connectivity index (χ0v) is 16.1. The first-order valence-corrected chi connectivity index (χ1v) is 9.57. The predicted octanol–water partition coefficient (Wildman–Crippen LogP) is 5.82. The molecule has 3 nitrogen and oxygen atoms in total. The van der Waals surface area contributed by atoms with E-state index in [4.69, 9.17) is 10.5 Å². The van der Waals surface area contributed by atoms with Crippen LogP contribution in [-0.4, -0.2) is 18.0 Å². The number of rotatable bonds is 13. The Morgan fingerprint density at radius 3 is 1.96 bits per heavy atom. The average molecular weight is 330 g/mol. The molecule has 0 aromatic rings. The fourth-order valence-corrected chi connectivity index (χ4v) is 2.97. The highest BCUT2D eigenvalue weighted by Gasteiger charge is 2.14. The van der Waals surface area contributed by atoms with Crippen LogP contribution < -0.4 is 0 Å². The van der Waals surface area contributed by atoms with Gasteiger partial charge >= 0.3 is 0 Å². The van der Waals surface area contributed by atoms with Crippen molar-refractivity contribution in [3.05, 3.63) is 23.9 Å². The van der Waals surface area contributed by atoms with Crippen LogP contribution >= 0.6 is 0 Å². The molecule has 0 aromatic carbocycles. The Morgan fingerprint density at radius 2 is 1.50 bits per heavy atom. The Bertz CT molecular complexity index is 435. The normalized spacial score (nSPS) is 13.1. The molecule has 0 radical (unpaired) electrons. The molecule has 0 aliphatic carbocycles. The predicted molar refractivity (Wildman–Crippen MR) is 102 cm³/mol. The van der Waals surface area contributed by atoms with Crippen molar-refractivity contribution < 1.29 is 0 Å². The first-order chi connectivity index (χ1) is 11.6. The largest absolute Gasteiger partial charge is 0.377 e. The summed E-state index contributed by atoms with van der Waals surface area (Å²) < 4.78 is 0. The number of hydrogen-bond donors (Lipinski definition) is 0. The maximum atomic E-state index is 8.84. The molecule has 24 heavy (non-hydrogen) atoms. The Kier molecular flexibility index (Phi) is 13.8. The van der Waals surface area contributed by atoms with Gasteiger partial charge in [0.05, 0.1) is 0 Å². The van der Waals surface area contributed by atoms with Crippen LogP contribution in [0.25, 0.3) is 0 Å². The third-order valence-electron chi connectivity index (χ3n) is 4.60. The summed E-state index contributed by atoms with van der Waals surface area (Å²) in [5.41, 5.74) is 0.157. The minimum atomic E-state index is 0.157. The minimum Gasteiger partial charge on any atom is -0.377 e. The van der Waals surface area contributed by atoms with Gasteiger partial charge in [-0.15, -0.1) is 0 Å². The Balaban J connectivity index is 4.99. The molecule has 0 rings (SSSR count). The molecule has 2 atom stereocenters. The third kappa shape index (κ3) is 10.1. The number of allylic oxidation sites excluding steroid dienone is 3. The van der Waals surface area contributed by atoms with Gasteiger partial charge in [0.25, 0.3) is 0 Å². The molecule has 0 heterocycles. The van der Waals surface area contributed by atoms with E-state index in [1.54, 1.807) is 6.08 Å². The summed E-state index contributed by atoms with van der Waals surface area (Å²) in [7, 11) is 0. The molecule has 0 bridgehead atoms. The summed E-state index contributed by atoms with van der Waals surface area (Å²) in [5.74, 6) is 1.42. The van der Waals surface area contributed by atoms with E-state index in [2.05, 4.69) is 38.8 Å². The molecule has 0 fully saturated rings. The summed E-state index contributed by atoms with van der Waals surface area (Å²) in [4.78, 5) is 2.40. The van der Waals surface area contributed by atoms with Crippen molar-refractivity contribution in [3.63, 3.8) is 0 Å². The van der Waals surface area contributed by atoms with Crippen molar-refractivity contribution >= 4 is 0 Å². The number of hydrogen-bond acceptors (Lipinski definition) is 3. The van der Waals surface area contributed by atoms with Gasteiger partial charge in [-0.2, -0.15) is 10.5 Å². The molecule has 134 valence electrons. The summed E-state index contributed by atoms with van der Waals surface area (Å²) in [6.45, 7) is 11.2. The van der Waals surface area contributed by atoms with Gasteiger partial charge in [0.15, 0.2) is 0 Å². The molecule has 3 heteroatoms. The lowest BCUT2D eigenvalue weighted by Gasteiger charge is -2.29. The van der Waals surface area contributed by atoms with E-state index >= 15 is 0 Å². The van der Waals surface area contributed by atoms with Gasteiger partial charge < -0.3 is 4.90 Å². The number of nitriles is 2. The lowest BCUT2D eigenvalue weighted by Crippen LogP contribution is -2.29. The first kappa shape index (κ1) is 22.3. The van der Waals surface area contributed by atoms with Crippen LogP contribution in [0.3, 0.4) is 0 Å². The second kappa shape index (κ2) is 14.8. The van der Waals surface area contributed by atoms with E-state index in [0.717, 1.165) is 13.1 Å². The van der Waals surface area contributed by atoms with Crippen molar-refractivity contribution in [2.24, 2.45) is 11.8 Å². The monoisotopic (exact) mass is 329 g/mol. The third-order valence-corrected chi connectivity index (χ3v) is 4.60. The van der Waals surface area contributed by atoms with Crippen molar-refractivity contribution in [2.45, 2.75) is 72.6 Å². The molecule has 0 aliphatic rings. The summed E-state index contributed by atoms with van der Waals surface area (Å²) in [6, 6.07) is 3.82. The van der Waals surface area contributed by atoms with Crippen molar-refractivity contribution in [1.29, 1.82) is 10.5 Å². The Morgan fingerprint density at radius 1 is 0.917 bits per heavy atom. The van der Waals surface area contributed by atoms with Crippen LogP contribution in [0.4, 0.5) is 0 Å². The smallest absolute Gasteiger partial charge is 0.129 e. The van der Waals surface area contributed by atoms with E-state index in [0.29, 0.717) is 11.8 Å². The van der Waals surface area contributed by atoms with Gasteiger partial charge in [-0.05, 0) is 43.0 Å². The highest BCUT2D eigenvalue weighted by Crippen LogP contribution is 2.18. The molecule has 0 saturated heterocycles. The minimum absolute atomic E-state index is 0.157. The Hall–Kier alpha value is -1.74. The standard InChI is InChI=1S/C21H35N3/c1-5-9-12-20(8-4)18-24(17-19(7-3)11-6-2)14-10-13-21(15-22)16-23/h10,13-14,19-20H,5-9,11-12,17-18H2,1-4H3. The van der Waals surface area contributed by atoms with Gasteiger partial charge in [0.1, 0.15) is 17.7 Å². The second-order valence-corrected chi connectivity index (χ2v) is 6.58. The summed E-state index contributed by atoms with van der Waals surface area (Å²) >= 11 is 0. The topological polar surface area (TPSA) is 50.8 Å².